The lowest BCUT2D eigenvalue weighted by Gasteiger charge is -2.33. The van der Waals surface area contributed by atoms with Crippen LogP contribution in [0.5, 0.6) is 23.0 Å². The van der Waals surface area contributed by atoms with E-state index in [2.05, 4.69) is 0 Å². The summed E-state index contributed by atoms with van der Waals surface area (Å²) >= 11 is 0. The predicted molar refractivity (Wildman–Crippen MR) is 242 cm³/mol. The van der Waals surface area contributed by atoms with Crippen LogP contribution in [0.3, 0.4) is 0 Å². The van der Waals surface area contributed by atoms with Crippen LogP contribution >= 0.6 is 0 Å². The van der Waals surface area contributed by atoms with Gasteiger partial charge in [-0.2, -0.15) is 0 Å². The Morgan fingerprint density at radius 2 is 0.623 bits per heavy atom. The number of rotatable bonds is 14. The van der Waals surface area contributed by atoms with E-state index < -0.39 is 22.8 Å². The average molecular weight is 839 g/mol. The van der Waals surface area contributed by atoms with Gasteiger partial charge in [0.15, 0.2) is 0 Å². The second kappa shape index (κ2) is 18.1. The van der Waals surface area contributed by atoms with Crippen LogP contribution in [-0.2, 0) is 56.3 Å². The van der Waals surface area contributed by atoms with Gasteiger partial charge in [-0.1, -0.05) is 145 Å². The maximum atomic E-state index is 13.6. The van der Waals surface area contributed by atoms with E-state index >= 15 is 0 Å². The van der Waals surface area contributed by atoms with Crippen molar-refractivity contribution in [2.45, 2.75) is 142 Å². The predicted octanol–water partition coefficient (Wildman–Crippen LogP) is 10.9. The van der Waals surface area contributed by atoms with Crippen LogP contribution in [0.2, 0.25) is 0 Å². The Kier molecular flexibility index (Phi) is 14.5. The van der Waals surface area contributed by atoms with E-state index in [-0.39, 0.29) is 83.9 Å². The SMILES string of the molecule is CC(C)(C)c1cc(C(C)(CC(=O)OCCOCCOC(=O)CC(C)(c2ccc(O)c(C(C)(C)C)c2)c2ccc(O)c(C(C)(C)C)c2)c2ccc(O)c(C(C)(C)C)c2)ccc1O. The lowest BCUT2D eigenvalue weighted by Crippen LogP contribution is -2.30. The molecule has 0 aliphatic heterocycles. The van der Waals surface area contributed by atoms with Crippen LogP contribution in [-0.4, -0.2) is 58.8 Å². The number of esters is 2. The highest BCUT2D eigenvalue weighted by Crippen LogP contribution is 2.45. The molecular weight excluding hydrogens is 769 g/mol. The van der Waals surface area contributed by atoms with Crippen molar-refractivity contribution in [2.24, 2.45) is 0 Å². The third-order valence-electron chi connectivity index (χ3n) is 11.7. The lowest BCUT2D eigenvalue weighted by molar-refractivity contribution is -0.147. The van der Waals surface area contributed by atoms with E-state index in [4.69, 9.17) is 14.2 Å². The van der Waals surface area contributed by atoms with Crippen molar-refractivity contribution in [1.29, 1.82) is 0 Å². The van der Waals surface area contributed by atoms with Gasteiger partial charge in [0.25, 0.3) is 0 Å². The summed E-state index contributed by atoms with van der Waals surface area (Å²) < 4.78 is 17.1. The summed E-state index contributed by atoms with van der Waals surface area (Å²) in [6.45, 7) is 28.4. The third-order valence-corrected chi connectivity index (χ3v) is 11.7. The molecule has 0 aliphatic rings. The van der Waals surface area contributed by atoms with E-state index in [0.717, 1.165) is 44.5 Å². The Labute approximate surface area is 364 Å². The van der Waals surface area contributed by atoms with Crippen molar-refractivity contribution < 1.29 is 44.2 Å². The number of carbonyl (C=O) groups is 2. The standard InChI is InChI=1S/C52H70O9/c1-47(2,3)37-27-33(15-19-41(37)53)51(13,34-16-20-42(54)38(28-34)48(4,5)6)31-45(57)60-25-23-59-24-26-61-46(58)32-52(14,35-17-21-43(55)39(29-35)49(7,8)9)36-18-22-44(56)40(30-36)50(10,11)12/h15-22,27-30,53-56H,23-26,31-32H2,1-14H3. The van der Waals surface area contributed by atoms with Gasteiger partial charge in [0.05, 0.1) is 26.1 Å². The molecule has 0 amide bonds. The number of benzene rings is 4. The van der Waals surface area contributed by atoms with Crippen LogP contribution < -0.4 is 0 Å². The number of aromatic hydroxyl groups is 4. The van der Waals surface area contributed by atoms with Gasteiger partial charge in [-0.25, -0.2) is 0 Å². The van der Waals surface area contributed by atoms with Crippen LogP contribution in [0, 0.1) is 0 Å². The number of phenols is 4. The van der Waals surface area contributed by atoms with Gasteiger partial charge in [0, 0.05) is 10.8 Å². The summed E-state index contributed by atoms with van der Waals surface area (Å²) in [5.74, 6) is -0.173. The quantitative estimate of drug-likeness (QED) is 0.0721. The molecule has 9 nitrogen and oxygen atoms in total. The van der Waals surface area contributed by atoms with E-state index in [0.29, 0.717) is 0 Å². The zero-order valence-electron chi connectivity index (χ0n) is 39.0. The van der Waals surface area contributed by atoms with Crippen LogP contribution in [0.1, 0.15) is 154 Å². The maximum absolute atomic E-state index is 13.6. The first-order chi connectivity index (χ1) is 28.0. The van der Waals surface area contributed by atoms with Gasteiger partial charge >= 0.3 is 11.9 Å². The van der Waals surface area contributed by atoms with Crippen LogP contribution in [0.25, 0.3) is 0 Å². The summed E-state index contributed by atoms with van der Waals surface area (Å²) in [7, 11) is 0. The molecular formula is C52H70O9. The minimum absolute atomic E-state index is 0.0113. The summed E-state index contributed by atoms with van der Waals surface area (Å²) in [5, 5.41) is 43.0. The van der Waals surface area contributed by atoms with Crippen LogP contribution in [0.4, 0.5) is 0 Å². The highest BCUT2D eigenvalue weighted by atomic mass is 16.6. The van der Waals surface area contributed by atoms with Crippen molar-refractivity contribution >= 4 is 11.9 Å². The molecule has 0 atom stereocenters. The molecule has 9 heteroatoms. The van der Waals surface area contributed by atoms with Crippen molar-refractivity contribution in [2.75, 3.05) is 26.4 Å². The molecule has 0 heterocycles. The molecule has 0 aliphatic carbocycles. The van der Waals surface area contributed by atoms with Crippen molar-refractivity contribution in [3.63, 3.8) is 0 Å². The van der Waals surface area contributed by atoms with E-state index in [1.54, 1.807) is 24.3 Å². The molecule has 332 valence electrons. The van der Waals surface area contributed by atoms with Gasteiger partial charge in [-0.3, -0.25) is 9.59 Å². The summed E-state index contributed by atoms with van der Waals surface area (Å²) in [4.78, 5) is 27.1. The van der Waals surface area contributed by atoms with E-state index in [1.165, 1.54) is 0 Å². The number of ether oxygens (including phenoxy) is 3. The smallest absolute Gasteiger partial charge is 0.307 e. The van der Waals surface area contributed by atoms with Crippen molar-refractivity contribution in [3.8, 4) is 23.0 Å². The molecule has 0 radical (unpaired) electrons. The Hall–Kier alpha value is -5.02. The Morgan fingerprint density at radius 1 is 0.393 bits per heavy atom. The van der Waals surface area contributed by atoms with Gasteiger partial charge < -0.3 is 34.6 Å². The molecule has 4 rings (SSSR count). The van der Waals surface area contributed by atoms with Crippen molar-refractivity contribution in [3.05, 3.63) is 117 Å². The lowest BCUT2D eigenvalue weighted by atomic mass is 9.70. The highest BCUT2D eigenvalue weighted by Gasteiger charge is 2.37. The molecule has 4 N–H and O–H groups in total. The molecule has 4 aromatic rings. The highest BCUT2D eigenvalue weighted by molar-refractivity contribution is 5.74. The van der Waals surface area contributed by atoms with E-state index in [1.807, 2.05) is 145 Å². The summed E-state index contributed by atoms with van der Waals surface area (Å²) in [6, 6.07) is 21.8. The van der Waals surface area contributed by atoms with Crippen LogP contribution in [0.15, 0.2) is 72.8 Å². The first-order valence-electron chi connectivity index (χ1n) is 21.2. The van der Waals surface area contributed by atoms with Gasteiger partial charge in [-0.05, 0) is 90.4 Å². The first kappa shape index (κ1) is 48.6. The molecule has 4 aromatic carbocycles. The zero-order valence-corrected chi connectivity index (χ0v) is 39.0. The molecule has 0 spiro atoms. The van der Waals surface area contributed by atoms with Gasteiger partial charge in [0.2, 0.25) is 0 Å². The molecule has 0 bridgehead atoms. The number of hydrogen-bond donors (Lipinski definition) is 4. The Morgan fingerprint density at radius 3 is 0.836 bits per heavy atom. The molecule has 0 saturated carbocycles. The fourth-order valence-corrected chi connectivity index (χ4v) is 7.87. The summed E-state index contributed by atoms with van der Waals surface area (Å²) in [5.41, 5.74) is 3.15. The minimum Gasteiger partial charge on any atom is -0.508 e. The molecule has 0 aromatic heterocycles. The first-order valence-corrected chi connectivity index (χ1v) is 21.2. The monoisotopic (exact) mass is 839 g/mol. The van der Waals surface area contributed by atoms with Gasteiger partial charge in [-0.15, -0.1) is 0 Å². The normalized spacial score (nSPS) is 13.0. The molecule has 0 unspecified atom stereocenters. The second-order valence-electron chi connectivity index (χ2n) is 21.0. The number of hydrogen-bond acceptors (Lipinski definition) is 9. The molecule has 61 heavy (non-hydrogen) atoms. The van der Waals surface area contributed by atoms with E-state index in [9.17, 15) is 30.0 Å². The van der Waals surface area contributed by atoms with Gasteiger partial charge in [0.1, 0.15) is 36.2 Å². The molecule has 0 saturated heterocycles. The fraction of sp³-hybridized carbons (Fsp3) is 0.500. The second-order valence-corrected chi connectivity index (χ2v) is 21.0. The largest absolute Gasteiger partial charge is 0.508 e. The summed E-state index contributed by atoms with van der Waals surface area (Å²) in [6.07, 6.45) is -0.0225. The Balaban J connectivity index is 1.44. The Bertz CT molecular complexity index is 1910. The fourth-order valence-electron chi connectivity index (χ4n) is 7.87. The maximum Gasteiger partial charge on any atom is 0.307 e. The zero-order chi connectivity index (χ0) is 45.9. The number of phenolic OH excluding ortho intramolecular Hbond substituents is 4. The molecule has 0 fully saturated rings. The van der Waals surface area contributed by atoms with Crippen molar-refractivity contribution in [1.82, 2.24) is 0 Å². The average Bonchev–Trinajstić information content (AvgIpc) is 3.13. The topological polar surface area (TPSA) is 143 Å². The minimum atomic E-state index is -0.870. The third kappa shape index (κ3) is 11.7. The number of carbonyl (C=O) groups excluding carboxylic acids is 2.